The molecule has 0 radical (unpaired) electrons. The van der Waals surface area contributed by atoms with Crippen LogP contribution >= 0.6 is 11.8 Å². The van der Waals surface area contributed by atoms with E-state index >= 15 is 0 Å². The largest absolute Gasteiger partial charge is 0.504 e. The van der Waals surface area contributed by atoms with Crippen LogP contribution in [0.5, 0.6) is 11.5 Å². The molecule has 0 spiro atoms. The molecule has 0 saturated carbocycles. The Hall–Kier alpha value is -3.51. The number of phenols is 1. The smallest absolute Gasteiger partial charge is 0.269 e. The molecular weight excluding hydrogens is 382 g/mol. The number of aromatic hydroxyl groups is 1. The summed E-state index contributed by atoms with van der Waals surface area (Å²) in [6.45, 7) is 2.08. The summed E-state index contributed by atoms with van der Waals surface area (Å²) in [6, 6.07) is 10.9. The van der Waals surface area contributed by atoms with E-state index in [0.717, 1.165) is 4.90 Å². The molecule has 2 aromatic carbocycles. The number of carbonyl (C=O) groups is 1. The minimum absolute atomic E-state index is 0.00607. The van der Waals surface area contributed by atoms with Crippen molar-refractivity contribution in [2.75, 3.05) is 6.61 Å². The Morgan fingerprint density at radius 2 is 2.07 bits per heavy atom. The molecule has 0 aliphatic carbocycles. The van der Waals surface area contributed by atoms with Crippen LogP contribution in [0.1, 0.15) is 18.1 Å². The van der Waals surface area contributed by atoms with Crippen molar-refractivity contribution in [3.8, 4) is 17.6 Å². The first-order chi connectivity index (χ1) is 13.3. The van der Waals surface area contributed by atoms with Gasteiger partial charge >= 0.3 is 0 Å². The van der Waals surface area contributed by atoms with Crippen LogP contribution in [0.25, 0.3) is 6.08 Å². The van der Waals surface area contributed by atoms with Gasteiger partial charge in [-0.3, -0.25) is 14.9 Å². The molecule has 0 aliphatic rings. The number of thioether (sulfide) groups is 1. The van der Waals surface area contributed by atoms with Crippen LogP contribution in [0.15, 0.2) is 46.9 Å². The third-order valence-corrected chi connectivity index (χ3v) is 4.68. The molecule has 0 fully saturated rings. The Morgan fingerprint density at radius 3 is 2.61 bits per heavy atom. The van der Waals surface area contributed by atoms with Crippen LogP contribution in [0.4, 0.5) is 5.69 Å². The number of nitriles is 1. The maximum absolute atomic E-state index is 11.3. The average molecular weight is 399 g/mol. The highest BCUT2D eigenvalue weighted by Crippen LogP contribution is 2.36. The number of hydrogen-bond donors (Lipinski definition) is 2. The molecule has 1 amide bonds. The van der Waals surface area contributed by atoms with E-state index in [9.17, 15) is 20.0 Å². The zero-order valence-corrected chi connectivity index (χ0v) is 15.7. The van der Waals surface area contributed by atoms with Crippen molar-refractivity contribution in [1.82, 2.24) is 0 Å². The highest BCUT2D eigenvalue weighted by Gasteiger charge is 2.13. The summed E-state index contributed by atoms with van der Waals surface area (Å²) in [5, 5.41) is 30.2. The lowest BCUT2D eigenvalue weighted by Gasteiger charge is -2.12. The van der Waals surface area contributed by atoms with Gasteiger partial charge in [0.05, 0.1) is 11.5 Å². The van der Waals surface area contributed by atoms with Gasteiger partial charge in [0.1, 0.15) is 11.6 Å². The Bertz CT molecular complexity index is 965. The number of amides is 1. The second-order valence-electron chi connectivity index (χ2n) is 5.53. The number of rotatable bonds is 8. The third kappa shape index (κ3) is 5.25. The number of ether oxygens (including phenoxy) is 1. The van der Waals surface area contributed by atoms with Crippen molar-refractivity contribution in [3.05, 3.63) is 63.2 Å². The van der Waals surface area contributed by atoms with Crippen LogP contribution in [0.3, 0.4) is 0 Å². The molecule has 0 bridgehead atoms. The molecule has 0 aliphatic heterocycles. The number of primary amides is 1. The van der Waals surface area contributed by atoms with Crippen molar-refractivity contribution in [3.63, 3.8) is 0 Å². The summed E-state index contributed by atoms with van der Waals surface area (Å²) >= 11 is 1.36. The number of nitrogens with zero attached hydrogens (tertiary/aromatic N) is 2. The lowest BCUT2D eigenvalue weighted by molar-refractivity contribution is -0.384. The summed E-state index contributed by atoms with van der Waals surface area (Å²) in [6.07, 6.45) is 1.32. The molecule has 3 N–H and O–H groups in total. The number of nitro groups is 1. The van der Waals surface area contributed by atoms with Crippen LogP contribution in [-0.2, 0) is 10.5 Å². The van der Waals surface area contributed by atoms with Gasteiger partial charge in [-0.05, 0) is 42.8 Å². The van der Waals surface area contributed by atoms with E-state index in [2.05, 4.69) is 0 Å². The van der Waals surface area contributed by atoms with Crippen LogP contribution in [-0.4, -0.2) is 22.5 Å². The van der Waals surface area contributed by atoms with Gasteiger partial charge < -0.3 is 15.6 Å². The fourth-order valence-corrected chi connectivity index (χ4v) is 3.17. The maximum Gasteiger partial charge on any atom is 0.269 e. The van der Waals surface area contributed by atoms with Crippen LogP contribution in [0.2, 0.25) is 0 Å². The summed E-state index contributed by atoms with van der Waals surface area (Å²) in [4.78, 5) is 22.3. The predicted molar refractivity (Wildman–Crippen MR) is 105 cm³/mol. The lowest BCUT2D eigenvalue weighted by Crippen LogP contribution is -2.12. The van der Waals surface area contributed by atoms with Crippen molar-refractivity contribution >= 4 is 29.4 Å². The molecule has 0 unspecified atom stereocenters. The number of nitrogens with two attached hydrogens (primary N) is 1. The van der Waals surface area contributed by atoms with E-state index in [0.29, 0.717) is 23.5 Å². The van der Waals surface area contributed by atoms with Crippen LogP contribution < -0.4 is 10.5 Å². The number of nitro benzene ring substituents is 1. The molecule has 0 heterocycles. The number of hydrogen-bond acceptors (Lipinski definition) is 7. The predicted octanol–water partition coefficient (Wildman–Crippen LogP) is 3.38. The Kier molecular flexibility index (Phi) is 7.01. The number of phenolic OH excluding ortho intramolecular Hbond substituents is 1. The molecule has 9 heteroatoms. The van der Waals surface area contributed by atoms with E-state index in [1.807, 2.05) is 0 Å². The summed E-state index contributed by atoms with van der Waals surface area (Å²) in [5.74, 6) is -0.345. The first-order valence-electron chi connectivity index (χ1n) is 8.13. The zero-order valence-electron chi connectivity index (χ0n) is 14.9. The standard InChI is InChI=1S/C19H17N3O5S/c1-2-27-17-9-12(7-13(10-20)19(21)24)8-14(18(17)23)11-28-16-5-3-15(4-6-16)22(25)26/h3-9,23H,2,11H2,1H3,(H2,21,24)/b13-7+. The fraction of sp³-hybridized carbons (Fsp3) is 0.158. The normalized spacial score (nSPS) is 10.9. The van der Waals surface area contributed by atoms with Gasteiger partial charge in [-0.2, -0.15) is 5.26 Å². The van der Waals surface area contributed by atoms with E-state index in [-0.39, 0.29) is 22.8 Å². The quantitative estimate of drug-likeness (QED) is 0.228. The first kappa shape index (κ1) is 20.8. The molecule has 0 atom stereocenters. The second kappa shape index (κ2) is 9.43. The molecule has 28 heavy (non-hydrogen) atoms. The number of carbonyl (C=O) groups excluding carboxylic acids is 1. The monoisotopic (exact) mass is 399 g/mol. The van der Waals surface area contributed by atoms with Gasteiger partial charge in [0.2, 0.25) is 0 Å². The minimum Gasteiger partial charge on any atom is -0.504 e. The van der Waals surface area contributed by atoms with Crippen molar-refractivity contribution in [2.45, 2.75) is 17.6 Å². The average Bonchev–Trinajstić information content (AvgIpc) is 2.67. The Labute approximate surface area is 165 Å². The second-order valence-corrected chi connectivity index (χ2v) is 6.58. The van der Waals surface area contributed by atoms with Gasteiger partial charge in [-0.15, -0.1) is 11.8 Å². The maximum atomic E-state index is 11.3. The minimum atomic E-state index is -0.852. The lowest BCUT2D eigenvalue weighted by atomic mass is 10.1. The molecular formula is C19H17N3O5S. The van der Waals surface area contributed by atoms with E-state index < -0.39 is 10.8 Å². The first-order valence-corrected chi connectivity index (χ1v) is 9.11. The van der Waals surface area contributed by atoms with Gasteiger partial charge in [0, 0.05) is 28.3 Å². The van der Waals surface area contributed by atoms with E-state index in [1.165, 1.54) is 36.0 Å². The van der Waals surface area contributed by atoms with Gasteiger partial charge in [0.25, 0.3) is 11.6 Å². The molecule has 0 saturated heterocycles. The van der Waals surface area contributed by atoms with Crippen molar-refractivity contribution in [1.29, 1.82) is 5.26 Å². The Morgan fingerprint density at radius 1 is 1.39 bits per heavy atom. The molecule has 2 rings (SSSR count). The van der Waals surface area contributed by atoms with Crippen LogP contribution in [0, 0.1) is 21.4 Å². The highest BCUT2D eigenvalue weighted by molar-refractivity contribution is 7.98. The summed E-state index contributed by atoms with van der Waals surface area (Å²) in [7, 11) is 0. The zero-order chi connectivity index (χ0) is 20.7. The van der Waals surface area contributed by atoms with E-state index in [1.54, 1.807) is 31.2 Å². The van der Waals surface area contributed by atoms with Gasteiger partial charge in [0.15, 0.2) is 11.5 Å². The molecule has 8 nitrogen and oxygen atoms in total. The number of non-ortho nitro benzene ring substituents is 1. The Balaban J connectivity index is 2.32. The van der Waals surface area contributed by atoms with Crippen molar-refractivity contribution < 1.29 is 19.6 Å². The summed E-state index contributed by atoms with van der Waals surface area (Å²) in [5.41, 5.74) is 5.94. The topological polar surface area (TPSA) is 139 Å². The third-order valence-electron chi connectivity index (χ3n) is 3.61. The molecule has 144 valence electrons. The van der Waals surface area contributed by atoms with Gasteiger partial charge in [-0.1, -0.05) is 0 Å². The summed E-state index contributed by atoms with van der Waals surface area (Å²) < 4.78 is 5.43. The number of benzene rings is 2. The van der Waals surface area contributed by atoms with Crippen molar-refractivity contribution in [2.24, 2.45) is 5.73 Å². The SMILES string of the molecule is CCOc1cc(/C=C(\C#N)C(N)=O)cc(CSc2ccc([N+](=O)[O-])cc2)c1O. The fourth-order valence-electron chi connectivity index (χ4n) is 2.30. The molecule has 0 aromatic heterocycles. The van der Waals surface area contributed by atoms with E-state index in [4.69, 9.17) is 15.7 Å². The van der Waals surface area contributed by atoms with Gasteiger partial charge in [-0.25, -0.2) is 0 Å². The molecule has 2 aromatic rings. The highest BCUT2D eigenvalue weighted by atomic mass is 32.2.